The van der Waals surface area contributed by atoms with Gasteiger partial charge in [-0.2, -0.15) is 0 Å². The molecule has 1 heterocycles. The zero-order valence-electron chi connectivity index (χ0n) is 10.9. The molecule has 1 saturated heterocycles. The monoisotopic (exact) mass is 250 g/mol. The fraction of sp³-hybridized carbons (Fsp3) is 0.538. The van der Waals surface area contributed by atoms with E-state index >= 15 is 0 Å². The summed E-state index contributed by atoms with van der Waals surface area (Å²) in [7, 11) is 2.17. The number of hydrogen-bond acceptors (Lipinski definition) is 5. The first-order valence-electron chi connectivity index (χ1n) is 6.45. The molecule has 0 aliphatic carbocycles. The zero-order valence-corrected chi connectivity index (χ0v) is 10.9. The molecular weight excluding hydrogens is 228 g/mol. The van der Waals surface area contributed by atoms with Crippen LogP contribution in [0.3, 0.4) is 0 Å². The molecule has 1 aromatic carbocycles. The number of likely N-dealkylation sites (N-methyl/N-ethyl adjacent to an activating group) is 1. The van der Waals surface area contributed by atoms with E-state index in [1.54, 1.807) is 0 Å². The Morgan fingerprint density at radius 1 is 1.11 bits per heavy atom. The highest BCUT2D eigenvalue weighted by atomic mass is 16.7. The van der Waals surface area contributed by atoms with Gasteiger partial charge in [0.05, 0.1) is 0 Å². The van der Waals surface area contributed by atoms with Crippen LogP contribution in [0.2, 0.25) is 0 Å². The van der Waals surface area contributed by atoms with Crippen molar-refractivity contribution in [2.75, 3.05) is 46.3 Å². The molecule has 2 N–H and O–H groups in total. The predicted molar refractivity (Wildman–Crippen MR) is 72.1 cm³/mol. The minimum atomic E-state index is 0.810. The quantitative estimate of drug-likeness (QED) is 0.562. The summed E-state index contributed by atoms with van der Waals surface area (Å²) in [6.07, 6.45) is 0. The molecule has 1 aliphatic rings. The normalized spacial score (nSPS) is 17.8. The molecule has 5 heteroatoms. The summed E-state index contributed by atoms with van der Waals surface area (Å²) in [6, 6.07) is 9.68. The van der Waals surface area contributed by atoms with E-state index < -0.39 is 0 Å². The number of benzene rings is 1. The van der Waals surface area contributed by atoms with Crippen LogP contribution in [-0.2, 0) is 0 Å². The SMILES string of the molecule is CN1CCN(CCNNOc2ccccc2)CC1. The zero-order chi connectivity index (χ0) is 12.6. The van der Waals surface area contributed by atoms with Crippen LogP contribution in [-0.4, -0.2) is 56.1 Å². The van der Waals surface area contributed by atoms with E-state index in [2.05, 4.69) is 27.9 Å². The minimum absolute atomic E-state index is 0.810. The van der Waals surface area contributed by atoms with Gasteiger partial charge in [0.2, 0.25) is 0 Å². The topological polar surface area (TPSA) is 39.8 Å². The summed E-state index contributed by atoms with van der Waals surface area (Å²) in [5.41, 5.74) is 5.83. The van der Waals surface area contributed by atoms with E-state index in [0.717, 1.165) is 45.0 Å². The third-order valence-corrected chi connectivity index (χ3v) is 3.13. The molecule has 0 saturated carbocycles. The van der Waals surface area contributed by atoms with Crippen molar-refractivity contribution in [3.05, 3.63) is 30.3 Å². The maximum Gasteiger partial charge on any atom is 0.149 e. The summed E-state index contributed by atoms with van der Waals surface area (Å²) in [6.45, 7) is 6.53. The summed E-state index contributed by atoms with van der Waals surface area (Å²) in [5, 5.41) is 0. The largest absolute Gasteiger partial charge is 0.394 e. The lowest BCUT2D eigenvalue weighted by Crippen LogP contribution is -2.48. The van der Waals surface area contributed by atoms with E-state index in [-0.39, 0.29) is 0 Å². The van der Waals surface area contributed by atoms with Crippen LogP contribution in [0.1, 0.15) is 0 Å². The number of nitrogens with zero attached hydrogens (tertiary/aromatic N) is 2. The van der Waals surface area contributed by atoms with Gasteiger partial charge in [0.1, 0.15) is 5.75 Å². The highest BCUT2D eigenvalue weighted by molar-refractivity contribution is 5.20. The van der Waals surface area contributed by atoms with Crippen molar-refractivity contribution in [3.63, 3.8) is 0 Å². The molecule has 5 nitrogen and oxygen atoms in total. The van der Waals surface area contributed by atoms with Crippen molar-refractivity contribution < 1.29 is 4.84 Å². The summed E-state index contributed by atoms with van der Waals surface area (Å²) >= 11 is 0. The fourth-order valence-electron chi connectivity index (χ4n) is 1.92. The average molecular weight is 250 g/mol. The number of hydrazine groups is 1. The Labute approximate surface area is 109 Å². The molecular formula is C13H22N4O. The van der Waals surface area contributed by atoms with Gasteiger partial charge >= 0.3 is 0 Å². The lowest BCUT2D eigenvalue weighted by Gasteiger charge is -2.32. The number of nitrogens with one attached hydrogen (secondary N) is 2. The first-order chi connectivity index (χ1) is 8.84. The van der Waals surface area contributed by atoms with Crippen molar-refractivity contribution in [2.45, 2.75) is 0 Å². The Bertz CT molecular complexity index is 325. The van der Waals surface area contributed by atoms with Crippen LogP contribution in [0.5, 0.6) is 5.75 Å². The fourth-order valence-corrected chi connectivity index (χ4v) is 1.92. The lowest BCUT2D eigenvalue weighted by atomic mass is 10.3. The molecule has 0 amide bonds. The Morgan fingerprint density at radius 2 is 1.83 bits per heavy atom. The predicted octanol–water partition coefficient (Wildman–Crippen LogP) is 0.322. The molecule has 0 spiro atoms. The van der Waals surface area contributed by atoms with Crippen molar-refractivity contribution in [3.8, 4) is 5.75 Å². The molecule has 1 fully saturated rings. The summed E-state index contributed by atoms with van der Waals surface area (Å²) in [5.74, 6) is 0.810. The lowest BCUT2D eigenvalue weighted by molar-refractivity contribution is 0.124. The van der Waals surface area contributed by atoms with Crippen LogP contribution in [0, 0.1) is 0 Å². The average Bonchev–Trinajstić information content (AvgIpc) is 2.42. The Morgan fingerprint density at radius 3 is 2.56 bits per heavy atom. The molecule has 1 aromatic rings. The molecule has 1 aliphatic heterocycles. The van der Waals surface area contributed by atoms with E-state index in [1.807, 2.05) is 30.3 Å². The highest BCUT2D eigenvalue weighted by Gasteiger charge is 2.12. The smallest absolute Gasteiger partial charge is 0.149 e. The minimum Gasteiger partial charge on any atom is -0.394 e. The van der Waals surface area contributed by atoms with Gasteiger partial charge in [0, 0.05) is 39.3 Å². The number of rotatable bonds is 6. The van der Waals surface area contributed by atoms with E-state index in [9.17, 15) is 0 Å². The summed E-state index contributed by atoms with van der Waals surface area (Å²) < 4.78 is 0. The van der Waals surface area contributed by atoms with Crippen LogP contribution in [0.4, 0.5) is 0 Å². The molecule has 0 bridgehead atoms. The second kappa shape index (κ2) is 7.33. The Hall–Kier alpha value is -1.14. The van der Waals surface area contributed by atoms with E-state index in [4.69, 9.17) is 4.84 Å². The highest BCUT2D eigenvalue weighted by Crippen LogP contribution is 2.05. The molecule has 0 aromatic heterocycles. The van der Waals surface area contributed by atoms with Crippen LogP contribution >= 0.6 is 0 Å². The second-order valence-corrected chi connectivity index (χ2v) is 4.59. The van der Waals surface area contributed by atoms with Crippen LogP contribution in [0.15, 0.2) is 30.3 Å². The van der Waals surface area contributed by atoms with Crippen molar-refractivity contribution in [2.24, 2.45) is 0 Å². The standard InChI is InChI=1S/C13H22N4O/c1-16-9-11-17(12-10-16)8-7-14-15-18-13-5-3-2-4-6-13/h2-6,14-15H,7-12H2,1H3. The van der Waals surface area contributed by atoms with Gasteiger partial charge in [-0.25, -0.2) is 5.43 Å². The Balaban J connectivity index is 1.51. The Kier molecular flexibility index (Phi) is 5.41. The van der Waals surface area contributed by atoms with Gasteiger partial charge in [-0.3, -0.25) is 4.90 Å². The van der Waals surface area contributed by atoms with E-state index in [1.165, 1.54) is 0 Å². The number of para-hydroxylation sites is 1. The molecule has 0 radical (unpaired) electrons. The van der Waals surface area contributed by atoms with Gasteiger partial charge in [0.25, 0.3) is 0 Å². The van der Waals surface area contributed by atoms with Gasteiger partial charge in [-0.1, -0.05) is 23.8 Å². The first kappa shape index (κ1) is 13.3. The number of piperazine rings is 1. The van der Waals surface area contributed by atoms with Gasteiger partial charge in [-0.05, 0) is 19.2 Å². The van der Waals surface area contributed by atoms with Crippen molar-refractivity contribution >= 4 is 0 Å². The van der Waals surface area contributed by atoms with E-state index in [0.29, 0.717) is 0 Å². The van der Waals surface area contributed by atoms with Gasteiger partial charge in [0.15, 0.2) is 0 Å². The maximum absolute atomic E-state index is 5.32. The molecule has 100 valence electrons. The third-order valence-electron chi connectivity index (χ3n) is 3.13. The van der Waals surface area contributed by atoms with Gasteiger partial charge in [-0.15, -0.1) is 0 Å². The van der Waals surface area contributed by atoms with Gasteiger partial charge < -0.3 is 9.74 Å². The van der Waals surface area contributed by atoms with Crippen LogP contribution < -0.4 is 15.9 Å². The van der Waals surface area contributed by atoms with Crippen molar-refractivity contribution in [1.82, 2.24) is 20.8 Å². The third kappa shape index (κ3) is 4.62. The summed E-state index contributed by atoms with van der Waals surface area (Å²) in [4.78, 5) is 10.1. The second-order valence-electron chi connectivity index (χ2n) is 4.59. The molecule has 2 rings (SSSR count). The first-order valence-corrected chi connectivity index (χ1v) is 6.45. The molecule has 18 heavy (non-hydrogen) atoms. The maximum atomic E-state index is 5.32. The number of hydrogen-bond donors (Lipinski definition) is 2. The molecule has 0 unspecified atom stereocenters. The van der Waals surface area contributed by atoms with Crippen molar-refractivity contribution in [1.29, 1.82) is 0 Å². The molecule has 0 atom stereocenters. The van der Waals surface area contributed by atoms with Crippen LogP contribution in [0.25, 0.3) is 0 Å².